The van der Waals surface area contributed by atoms with Crippen LogP contribution in [-0.4, -0.2) is 30.6 Å². The van der Waals surface area contributed by atoms with Crippen LogP contribution in [0.4, 0.5) is 0 Å². The van der Waals surface area contributed by atoms with Gasteiger partial charge in [0, 0.05) is 38.0 Å². The van der Waals surface area contributed by atoms with Gasteiger partial charge in [-0.25, -0.2) is 4.99 Å². The molecule has 1 heterocycles. The van der Waals surface area contributed by atoms with E-state index in [0.29, 0.717) is 13.2 Å². The SMILES string of the molecule is CCNC(=NCc1ccc(COCC)cc1)NCCc1ccccn1.I. The second-order valence-corrected chi connectivity index (χ2v) is 5.65. The smallest absolute Gasteiger partial charge is 0.191 e. The lowest BCUT2D eigenvalue weighted by Crippen LogP contribution is -2.38. The van der Waals surface area contributed by atoms with Crippen LogP contribution in [0.3, 0.4) is 0 Å². The van der Waals surface area contributed by atoms with Crippen molar-refractivity contribution in [2.24, 2.45) is 4.99 Å². The molecule has 0 aliphatic rings. The Morgan fingerprint density at radius 3 is 2.46 bits per heavy atom. The molecule has 0 saturated heterocycles. The molecule has 0 unspecified atom stereocenters. The van der Waals surface area contributed by atoms with Gasteiger partial charge in [0.1, 0.15) is 0 Å². The first-order valence-electron chi connectivity index (χ1n) is 8.89. The van der Waals surface area contributed by atoms with Crippen molar-refractivity contribution in [1.29, 1.82) is 0 Å². The van der Waals surface area contributed by atoms with Gasteiger partial charge in [-0.15, -0.1) is 24.0 Å². The van der Waals surface area contributed by atoms with E-state index in [0.717, 1.165) is 37.8 Å². The van der Waals surface area contributed by atoms with Gasteiger partial charge in [0.2, 0.25) is 0 Å². The number of rotatable bonds is 9. The Kier molecular flexibility index (Phi) is 11.6. The number of nitrogens with one attached hydrogen (secondary N) is 2. The number of hydrogen-bond acceptors (Lipinski definition) is 3. The number of guanidine groups is 1. The van der Waals surface area contributed by atoms with E-state index in [4.69, 9.17) is 4.74 Å². The summed E-state index contributed by atoms with van der Waals surface area (Å²) >= 11 is 0. The molecule has 5 nitrogen and oxygen atoms in total. The topological polar surface area (TPSA) is 58.5 Å². The van der Waals surface area contributed by atoms with E-state index in [1.165, 1.54) is 11.1 Å². The van der Waals surface area contributed by atoms with Crippen LogP contribution in [0, 0.1) is 0 Å². The second-order valence-electron chi connectivity index (χ2n) is 5.65. The average Bonchev–Trinajstić information content (AvgIpc) is 2.66. The van der Waals surface area contributed by atoms with E-state index in [-0.39, 0.29) is 24.0 Å². The van der Waals surface area contributed by atoms with Gasteiger partial charge in [0.15, 0.2) is 5.96 Å². The van der Waals surface area contributed by atoms with Crippen molar-refractivity contribution in [2.75, 3.05) is 19.7 Å². The number of hydrogen-bond donors (Lipinski definition) is 2. The lowest BCUT2D eigenvalue weighted by molar-refractivity contribution is 0.134. The molecule has 0 amide bonds. The summed E-state index contributed by atoms with van der Waals surface area (Å²) in [4.78, 5) is 8.98. The van der Waals surface area contributed by atoms with Gasteiger partial charge in [-0.05, 0) is 37.1 Å². The first kappa shape index (κ1) is 22.4. The largest absolute Gasteiger partial charge is 0.377 e. The van der Waals surface area contributed by atoms with Gasteiger partial charge >= 0.3 is 0 Å². The highest BCUT2D eigenvalue weighted by atomic mass is 127. The quantitative estimate of drug-likeness (QED) is 0.336. The van der Waals surface area contributed by atoms with E-state index in [9.17, 15) is 0 Å². The summed E-state index contributed by atoms with van der Waals surface area (Å²) in [5.41, 5.74) is 3.45. The van der Waals surface area contributed by atoms with Crippen molar-refractivity contribution in [3.8, 4) is 0 Å². The van der Waals surface area contributed by atoms with Crippen molar-refractivity contribution in [1.82, 2.24) is 15.6 Å². The average molecular weight is 468 g/mol. The minimum Gasteiger partial charge on any atom is -0.377 e. The Morgan fingerprint density at radius 2 is 1.81 bits per heavy atom. The maximum Gasteiger partial charge on any atom is 0.191 e. The number of halogens is 1. The molecule has 0 spiro atoms. The molecule has 0 aliphatic heterocycles. The van der Waals surface area contributed by atoms with Crippen molar-refractivity contribution in [3.05, 3.63) is 65.5 Å². The fraction of sp³-hybridized carbons (Fsp3) is 0.400. The molecule has 0 atom stereocenters. The van der Waals surface area contributed by atoms with Gasteiger partial charge < -0.3 is 15.4 Å². The molecule has 2 rings (SSSR count). The summed E-state index contributed by atoms with van der Waals surface area (Å²) < 4.78 is 5.42. The minimum atomic E-state index is 0. The molecule has 2 aromatic rings. The van der Waals surface area contributed by atoms with Gasteiger partial charge in [-0.3, -0.25) is 4.98 Å². The number of nitrogens with zero attached hydrogens (tertiary/aromatic N) is 2. The van der Waals surface area contributed by atoms with Crippen molar-refractivity contribution in [2.45, 2.75) is 33.4 Å². The highest BCUT2D eigenvalue weighted by Gasteiger charge is 1.99. The zero-order valence-corrected chi connectivity index (χ0v) is 17.9. The molecule has 6 heteroatoms. The molecule has 2 N–H and O–H groups in total. The van der Waals surface area contributed by atoms with E-state index in [1.54, 1.807) is 0 Å². The number of pyridine rings is 1. The Morgan fingerprint density at radius 1 is 1.04 bits per heavy atom. The first-order valence-corrected chi connectivity index (χ1v) is 8.89. The first-order chi connectivity index (χ1) is 12.3. The maximum atomic E-state index is 5.42. The third-order valence-corrected chi connectivity index (χ3v) is 3.66. The number of aromatic nitrogens is 1. The van der Waals surface area contributed by atoms with Gasteiger partial charge in [0.05, 0.1) is 13.2 Å². The zero-order valence-electron chi connectivity index (χ0n) is 15.6. The molecule has 0 radical (unpaired) electrons. The maximum absolute atomic E-state index is 5.42. The molecular weight excluding hydrogens is 439 g/mol. The predicted octanol–water partition coefficient (Wildman–Crippen LogP) is 3.53. The van der Waals surface area contributed by atoms with E-state index in [2.05, 4.69) is 51.8 Å². The fourth-order valence-corrected chi connectivity index (χ4v) is 2.33. The third-order valence-electron chi connectivity index (χ3n) is 3.66. The van der Waals surface area contributed by atoms with Crippen LogP contribution in [0.25, 0.3) is 0 Å². The Hall–Kier alpha value is -1.67. The van der Waals surface area contributed by atoms with E-state index >= 15 is 0 Å². The fourth-order valence-electron chi connectivity index (χ4n) is 2.33. The van der Waals surface area contributed by atoms with Gasteiger partial charge in [-0.2, -0.15) is 0 Å². The molecule has 142 valence electrons. The van der Waals surface area contributed by atoms with Crippen LogP contribution in [0.5, 0.6) is 0 Å². The third kappa shape index (κ3) is 8.62. The summed E-state index contributed by atoms with van der Waals surface area (Å²) in [5.74, 6) is 0.830. The van der Waals surface area contributed by atoms with Crippen LogP contribution < -0.4 is 10.6 Å². The lowest BCUT2D eigenvalue weighted by Gasteiger charge is -2.11. The zero-order chi connectivity index (χ0) is 17.7. The molecular formula is C20H29IN4O. The highest BCUT2D eigenvalue weighted by molar-refractivity contribution is 14.0. The van der Waals surface area contributed by atoms with Crippen LogP contribution in [0.1, 0.15) is 30.7 Å². The number of aliphatic imine (C=N–C) groups is 1. The number of benzene rings is 1. The molecule has 1 aromatic carbocycles. The van der Waals surface area contributed by atoms with Crippen LogP contribution in [0.2, 0.25) is 0 Å². The van der Waals surface area contributed by atoms with E-state index < -0.39 is 0 Å². The Labute approximate surface area is 173 Å². The van der Waals surface area contributed by atoms with Crippen LogP contribution in [0.15, 0.2) is 53.7 Å². The highest BCUT2D eigenvalue weighted by Crippen LogP contribution is 2.07. The molecule has 0 fully saturated rings. The minimum absolute atomic E-state index is 0. The number of ether oxygens (including phenoxy) is 1. The normalized spacial score (nSPS) is 10.9. The molecule has 26 heavy (non-hydrogen) atoms. The summed E-state index contributed by atoms with van der Waals surface area (Å²) in [7, 11) is 0. The predicted molar refractivity (Wildman–Crippen MR) is 118 cm³/mol. The molecule has 1 aromatic heterocycles. The van der Waals surface area contributed by atoms with Crippen molar-refractivity contribution >= 4 is 29.9 Å². The molecule has 0 bridgehead atoms. The molecule has 0 saturated carbocycles. The van der Waals surface area contributed by atoms with Crippen LogP contribution >= 0.6 is 24.0 Å². The molecule has 0 aliphatic carbocycles. The summed E-state index contributed by atoms with van der Waals surface area (Å²) in [6.07, 6.45) is 2.70. The Balaban J connectivity index is 0.00000338. The van der Waals surface area contributed by atoms with E-state index in [1.807, 2.05) is 31.3 Å². The summed E-state index contributed by atoms with van der Waals surface area (Å²) in [6, 6.07) is 14.4. The van der Waals surface area contributed by atoms with Crippen LogP contribution in [-0.2, 0) is 24.3 Å². The van der Waals surface area contributed by atoms with Crippen molar-refractivity contribution in [3.63, 3.8) is 0 Å². The monoisotopic (exact) mass is 468 g/mol. The lowest BCUT2D eigenvalue weighted by atomic mass is 10.1. The standard InChI is InChI=1S/C20H28N4O.HI/c1-3-21-20(23-14-12-19-7-5-6-13-22-19)24-15-17-8-10-18(11-9-17)16-25-4-2;/h5-11,13H,3-4,12,14-16H2,1-2H3,(H2,21,23,24);1H. The second kappa shape index (κ2) is 13.5. The summed E-state index contributed by atoms with van der Waals surface area (Å²) in [6.45, 7) is 7.76. The van der Waals surface area contributed by atoms with Gasteiger partial charge in [0.25, 0.3) is 0 Å². The van der Waals surface area contributed by atoms with Crippen molar-refractivity contribution < 1.29 is 4.74 Å². The Bertz CT molecular complexity index is 632. The van der Waals surface area contributed by atoms with Gasteiger partial charge in [-0.1, -0.05) is 30.3 Å². The summed E-state index contributed by atoms with van der Waals surface area (Å²) in [5, 5.41) is 6.63.